The molecule has 2 rings (SSSR count). The minimum Gasteiger partial charge on any atom is -0.351 e. The summed E-state index contributed by atoms with van der Waals surface area (Å²) in [6.07, 6.45) is 4.18. The number of hydrogen-bond acceptors (Lipinski definition) is 1. The van der Waals surface area contributed by atoms with Gasteiger partial charge in [-0.2, -0.15) is 0 Å². The Balaban J connectivity index is 2.08. The van der Waals surface area contributed by atoms with Gasteiger partial charge in [0.15, 0.2) is 0 Å². The van der Waals surface area contributed by atoms with Crippen LogP contribution in [0.5, 0.6) is 0 Å². The molecule has 0 aliphatic rings. The van der Waals surface area contributed by atoms with E-state index in [0.717, 1.165) is 0 Å². The van der Waals surface area contributed by atoms with Crippen molar-refractivity contribution in [3.05, 3.63) is 72.4 Å². The second kappa shape index (κ2) is 5.17. The lowest BCUT2D eigenvalue weighted by Gasteiger charge is -2.13. The normalized spacial score (nSPS) is 10.6. The van der Waals surface area contributed by atoms with E-state index in [-0.39, 0.29) is 0 Å². The lowest BCUT2D eigenvalue weighted by molar-refractivity contribution is 1.21. The summed E-state index contributed by atoms with van der Waals surface area (Å²) in [7, 11) is 2.05. The van der Waals surface area contributed by atoms with Gasteiger partial charge >= 0.3 is 0 Å². The maximum absolute atomic E-state index is 2.10. The summed E-state index contributed by atoms with van der Waals surface area (Å²) >= 11 is 0. The Kier molecular flexibility index (Phi) is 3.39. The van der Waals surface area contributed by atoms with Gasteiger partial charge < -0.3 is 4.90 Å². The van der Waals surface area contributed by atoms with Crippen molar-refractivity contribution >= 4 is 11.8 Å². The van der Waals surface area contributed by atoms with Gasteiger partial charge in [0.25, 0.3) is 0 Å². The number of nitrogens with zero attached hydrogens (tertiary/aromatic N) is 1. The van der Waals surface area contributed by atoms with Crippen molar-refractivity contribution < 1.29 is 0 Å². The quantitative estimate of drug-likeness (QED) is 0.743. The highest BCUT2D eigenvalue weighted by Crippen LogP contribution is 2.12. The molecule has 1 heteroatoms. The van der Waals surface area contributed by atoms with Crippen molar-refractivity contribution in [2.45, 2.75) is 0 Å². The molecule has 0 aromatic heterocycles. The fraction of sp³-hybridized carbons (Fsp3) is 0.0667. The van der Waals surface area contributed by atoms with Gasteiger partial charge in [-0.1, -0.05) is 48.5 Å². The van der Waals surface area contributed by atoms with Crippen LogP contribution < -0.4 is 4.90 Å². The average molecular weight is 209 g/mol. The van der Waals surface area contributed by atoms with Gasteiger partial charge in [-0.3, -0.25) is 0 Å². The highest BCUT2D eigenvalue weighted by molar-refractivity contribution is 5.56. The van der Waals surface area contributed by atoms with Crippen LogP contribution in [-0.2, 0) is 0 Å². The Bertz CT molecular complexity index is 445. The number of benzene rings is 2. The van der Waals surface area contributed by atoms with Gasteiger partial charge in [-0.05, 0) is 23.8 Å². The van der Waals surface area contributed by atoms with Crippen molar-refractivity contribution in [2.24, 2.45) is 0 Å². The number of anilines is 1. The molecule has 2 aromatic rings. The number of hydrogen-bond donors (Lipinski definition) is 0. The zero-order chi connectivity index (χ0) is 11.2. The molecule has 0 N–H and O–H groups in total. The highest BCUT2D eigenvalue weighted by atomic mass is 15.1. The molecule has 0 amide bonds. The van der Waals surface area contributed by atoms with Crippen LogP contribution in [0.2, 0.25) is 0 Å². The van der Waals surface area contributed by atoms with E-state index in [2.05, 4.69) is 48.5 Å². The number of para-hydroxylation sites is 1. The van der Waals surface area contributed by atoms with E-state index in [9.17, 15) is 0 Å². The maximum Gasteiger partial charge on any atom is 0.0403 e. The molecular formula is C15H15N. The Morgan fingerprint density at radius 2 is 1.38 bits per heavy atom. The van der Waals surface area contributed by atoms with Crippen LogP contribution in [0.25, 0.3) is 6.08 Å². The Labute approximate surface area is 96.7 Å². The minimum atomic E-state index is 1.19. The van der Waals surface area contributed by atoms with Crippen molar-refractivity contribution in [1.29, 1.82) is 0 Å². The van der Waals surface area contributed by atoms with Gasteiger partial charge in [0.05, 0.1) is 0 Å². The maximum atomic E-state index is 2.10. The van der Waals surface area contributed by atoms with Gasteiger partial charge in [-0.25, -0.2) is 0 Å². The van der Waals surface area contributed by atoms with Gasteiger partial charge in [0.2, 0.25) is 0 Å². The smallest absolute Gasteiger partial charge is 0.0403 e. The molecule has 0 fully saturated rings. The fourth-order valence-corrected chi connectivity index (χ4v) is 1.51. The predicted octanol–water partition coefficient (Wildman–Crippen LogP) is 3.79. The third kappa shape index (κ3) is 2.74. The molecule has 0 aliphatic carbocycles. The van der Waals surface area contributed by atoms with E-state index < -0.39 is 0 Å². The first-order chi connectivity index (χ1) is 7.86. The van der Waals surface area contributed by atoms with Gasteiger partial charge in [0.1, 0.15) is 0 Å². The monoisotopic (exact) mass is 209 g/mol. The second-order valence-electron chi connectivity index (χ2n) is 3.67. The van der Waals surface area contributed by atoms with E-state index in [4.69, 9.17) is 0 Å². The molecule has 0 heterocycles. The van der Waals surface area contributed by atoms with Crippen LogP contribution in [-0.4, -0.2) is 7.05 Å². The van der Waals surface area contributed by atoms with Crippen LogP contribution in [0, 0.1) is 0 Å². The molecule has 0 spiro atoms. The van der Waals surface area contributed by atoms with E-state index in [1.165, 1.54) is 11.3 Å². The summed E-state index contributed by atoms with van der Waals surface area (Å²) in [6.45, 7) is 0. The summed E-state index contributed by atoms with van der Waals surface area (Å²) in [5, 5.41) is 0. The first-order valence-electron chi connectivity index (χ1n) is 5.37. The zero-order valence-corrected chi connectivity index (χ0v) is 9.38. The van der Waals surface area contributed by atoms with Crippen LogP contribution in [0.4, 0.5) is 5.69 Å². The first kappa shape index (κ1) is 10.5. The molecule has 80 valence electrons. The molecule has 1 nitrogen and oxygen atoms in total. The molecule has 0 aliphatic heterocycles. The van der Waals surface area contributed by atoms with Crippen LogP contribution in [0.1, 0.15) is 5.56 Å². The topological polar surface area (TPSA) is 3.24 Å². The van der Waals surface area contributed by atoms with Gasteiger partial charge in [-0.15, -0.1) is 0 Å². The second-order valence-corrected chi connectivity index (χ2v) is 3.67. The summed E-state index contributed by atoms with van der Waals surface area (Å²) < 4.78 is 0. The van der Waals surface area contributed by atoms with E-state index in [1.54, 1.807) is 0 Å². The van der Waals surface area contributed by atoms with E-state index in [1.807, 2.05) is 36.4 Å². The molecule has 0 saturated heterocycles. The van der Waals surface area contributed by atoms with Gasteiger partial charge in [0, 0.05) is 18.9 Å². The minimum absolute atomic E-state index is 1.19. The molecule has 0 radical (unpaired) electrons. The summed E-state index contributed by atoms with van der Waals surface area (Å²) in [6, 6.07) is 20.6. The standard InChI is InChI=1S/C15H15N/c1-16(15-10-6-3-7-11-15)13-12-14-8-4-2-5-9-14/h2-13H,1H3/b13-12-. The largest absolute Gasteiger partial charge is 0.351 e. The third-order valence-electron chi connectivity index (χ3n) is 2.45. The summed E-state index contributed by atoms with van der Waals surface area (Å²) in [5.41, 5.74) is 2.40. The van der Waals surface area contributed by atoms with E-state index >= 15 is 0 Å². The Morgan fingerprint density at radius 1 is 0.812 bits per heavy atom. The van der Waals surface area contributed by atoms with Crippen molar-refractivity contribution in [1.82, 2.24) is 0 Å². The predicted molar refractivity (Wildman–Crippen MR) is 70.3 cm³/mol. The summed E-state index contributed by atoms with van der Waals surface area (Å²) in [5.74, 6) is 0. The SMILES string of the molecule is CN(/C=C\c1ccccc1)c1ccccc1. The Hall–Kier alpha value is -2.02. The summed E-state index contributed by atoms with van der Waals surface area (Å²) in [4.78, 5) is 2.10. The zero-order valence-electron chi connectivity index (χ0n) is 9.38. The molecule has 0 bridgehead atoms. The molecule has 0 saturated carbocycles. The lowest BCUT2D eigenvalue weighted by atomic mass is 10.2. The average Bonchev–Trinajstić information content (AvgIpc) is 2.38. The van der Waals surface area contributed by atoms with Crippen LogP contribution >= 0.6 is 0 Å². The molecule has 0 atom stereocenters. The van der Waals surface area contributed by atoms with Crippen molar-refractivity contribution in [3.8, 4) is 0 Å². The third-order valence-corrected chi connectivity index (χ3v) is 2.45. The van der Waals surface area contributed by atoms with E-state index in [0.29, 0.717) is 0 Å². The Morgan fingerprint density at radius 3 is 2.00 bits per heavy atom. The lowest BCUT2D eigenvalue weighted by Crippen LogP contribution is -2.06. The first-order valence-corrected chi connectivity index (χ1v) is 5.37. The molecule has 16 heavy (non-hydrogen) atoms. The van der Waals surface area contributed by atoms with Crippen LogP contribution in [0.15, 0.2) is 66.9 Å². The molecular weight excluding hydrogens is 194 g/mol. The van der Waals surface area contributed by atoms with Crippen LogP contribution in [0.3, 0.4) is 0 Å². The molecule has 0 unspecified atom stereocenters. The van der Waals surface area contributed by atoms with Crippen molar-refractivity contribution in [3.63, 3.8) is 0 Å². The highest BCUT2D eigenvalue weighted by Gasteiger charge is 1.93. The van der Waals surface area contributed by atoms with Crippen molar-refractivity contribution in [2.75, 3.05) is 11.9 Å². The number of rotatable bonds is 3. The fourth-order valence-electron chi connectivity index (χ4n) is 1.51. The molecule has 2 aromatic carbocycles.